The number of aromatic nitrogens is 4. The highest BCUT2D eigenvalue weighted by molar-refractivity contribution is 5.28. The third kappa shape index (κ3) is 4.19. The van der Waals surface area contributed by atoms with Crippen molar-refractivity contribution in [3.05, 3.63) is 36.3 Å². The Morgan fingerprint density at radius 3 is 2.38 bits per heavy atom. The van der Waals surface area contributed by atoms with Crippen molar-refractivity contribution in [3.8, 4) is 5.88 Å². The Balaban J connectivity index is 1.47. The van der Waals surface area contributed by atoms with E-state index in [0.29, 0.717) is 18.4 Å². The average molecular weight is 327 g/mol. The topological polar surface area (TPSA) is 64.0 Å². The van der Waals surface area contributed by atoms with Gasteiger partial charge in [-0.3, -0.25) is 0 Å². The van der Waals surface area contributed by atoms with Crippen molar-refractivity contribution in [1.29, 1.82) is 0 Å². The highest BCUT2D eigenvalue weighted by atomic mass is 16.5. The smallest absolute Gasteiger partial charge is 0.233 e. The van der Waals surface area contributed by atoms with Crippen molar-refractivity contribution >= 4 is 5.95 Å². The fourth-order valence-electron chi connectivity index (χ4n) is 2.75. The molecule has 24 heavy (non-hydrogen) atoms. The minimum absolute atomic E-state index is 0.0118. The highest BCUT2D eigenvalue weighted by Gasteiger charge is 2.21. The van der Waals surface area contributed by atoms with Crippen LogP contribution in [0.1, 0.15) is 39.3 Å². The van der Waals surface area contributed by atoms with E-state index >= 15 is 0 Å². The first-order chi connectivity index (χ1) is 11.5. The van der Waals surface area contributed by atoms with Crippen LogP contribution in [-0.4, -0.2) is 39.9 Å². The molecule has 0 spiro atoms. The van der Waals surface area contributed by atoms with Gasteiger partial charge in [-0.1, -0.05) is 20.8 Å². The van der Waals surface area contributed by atoms with Gasteiger partial charge in [0.05, 0.1) is 12.3 Å². The van der Waals surface area contributed by atoms with E-state index in [1.165, 1.54) is 0 Å². The summed E-state index contributed by atoms with van der Waals surface area (Å²) in [5, 5.41) is 8.46. The SMILES string of the molecule is CC(C)(C)c1ccc(OCC2CCN(c3ncccn3)CC2)nn1. The normalized spacial score (nSPS) is 16.2. The molecule has 6 heteroatoms. The molecule has 0 bridgehead atoms. The molecule has 3 rings (SSSR count). The van der Waals surface area contributed by atoms with E-state index in [-0.39, 0.29) is 5.41 Å². The second-order valence-electron chi connectivity index (χ2n) is 7.30. The van der Waals surface area contributed by atoms with Crippen LogP contribution in [0.5, 0.6) is 5.88 Å². The Bertz CT molecular complexity index is 631. The van der Waals surface area contributed by atoms with Gasteiger partial charge in [0, 0.05) is 37.0 Å². The van der Waals surface area contributed by atoms with Crippen LogP contribution in [0, 0.1) is 5.92 Å². The predicted octanol–water partition coefficient (Wildman–Crippen LogP) is 2.86. The standard InChI is InChI=1S/C18H25N5O/c1-18(2,3)15-5-6-16(22-21-15)24-13-14-7-11-23(12-8-14)17-19-9-4-10-20-17/h4-6,9-10,14H,7-8,11-13H2,1-3H3. The van der Waals surface area contributed by atoms with E-state index in [0.717, 1.165) is 37.6 Å². The molecule has 0 N–H and O–H groups in total. The maximum absolute atomic E-state index is 5.83. The molecule has 0 atom stereocenters. The minimum atomic E-state index is 0.0118. The Morgan fingerprint density at radius 1 is 1.08 bits per heavy atom. The molecule has 0 aliphatic carbocycles. The first-order valence-electron chi connectivity index (χ1n) is 8.51. The number of piperidine rings is 1. The van der Waals surface area contributed by atoms with E-state index in [9.17, 15) is 0 Å². The Morgan fingerprint density at radius 2 is 1.79 bits per heavy atom. The van der Waals surface area contributed by atoms with Crippen molar-refractivity contribution in [2.45, 2.75) is 39.0 Å². The average Bonchev–Trinajstić information content (AvgIpc) is 2.61. The summed E-state index contributed by atoms with van der Waals surface area (Å²) in [6.07, 6.45) is 5.73. The predicted molar refractivity (Wildman–Crippen MR) is 93.2 cm³/mol. The van der Waals surface area contributed by atoms with Crippen LogP contribution in [0.2, 0.25) is 0 Å². The van der Waals surface area contributed by atoms with Gasteiger partial charge in [-0.05, 0) is 30.9 Å². The molecule has 1 aliphatic heterocycles. The summed E-state index contributed by atoms with van der Waals surface area (Å²) >= 11 is 0. The number of nitrogens with zero attached hydrogens (tertiary/aromatic N) is 5. The molecule has 6 nitrogen and oxygen atoms in total. The summed E-state index contributed by atoms with van der Waals surface area (Å²) in [6, 6.07) is 5.76. The van der Waals surface area contributed by atoms with Gasteiger partial charge in [0.25, 0.3) is 0 Å². The van der Waals surface area contributed by atoms with Crippen LogP contribution < -0.4 is 9.64 Å². The number of anilines is 1. The largest absolute Gasteiger partial charge is 0.476 e. The van der Waals surface area contributed by atoms with E-state index in [1.807, 2.05) is 18.2 Å². The van der Waals surface area contributed by atoms with Gasteiger partial charge in [-0.2, -0.15) is 5.10 Å². The molecule has 3 heterocycles. The lowest BCUT2D eigenvalue weighted by molar-refractivity contribution is 0.213. The maximum Gasteiger partial charge on any atom is 0.233 e. The quantitative estimate of drug-likeness (QED) is 0.860. The molecule has 2 aromatic heterocycles. The molecule has 0 saturated carbocycles. The van der Waals surface area contributed by atoms with Crippen LogP contribution in [0.4, 0.5) is 5.95 Å². The lowest BCUT2D eigenvalue weighted by atomic mass is 9.92. The van der Waals surface area contributed by atoms with Crippen molar-refractivity contribution in [2.24, 2.45) is 5.92 Å². The summed E-state index contributed by atoms with van der Waals surface area (Å²) in [5.74, 6) is 1.96. The Labute approximate surface area is 143 Å². The zero-order valence-electron chi connectivity index (χ0n) is 14.6. The fourth-order valence-corrected chi connectivity index (χ4v) is 2.75. The van der Waals surface area contributed by atoms with Crippen LogP contribution >= 0.6 is 0 Å². The van der Waals surface area contributed by atoms with E-state index in [1.54, 1.807) is 12.4 Å². The van der Waals surface area contributed by atoms with Gasteiger partial charge in [0.2, 0.25) is 11.8 Å². The summed E-state index contributed by atoms with van der Waals surface area (Å²) in [6.45, 7) is 9.00. The van der Waals surface area contributed by atoms with Gasteiger partial charge in [0.15, 0.2) is 0 Å². The van der Waals surface area contributed by atoms with Crippen molar-refractivity contribution in [3.63, 3.8) is 0 Å². The van der Waals surface area contributed by atoms with Crippen molar-refractivity contribution in [2.75, 3.05) is 24.6 Å². The zero-order valence-corrected chi connectivity index (χ0v) is 14.6. The van der Waals surface area contributed by atoms with Crippen LogP contribution in [0.3, 0.4) is 0 Å². The molecule has 1 fully saturated rings. The Hall–Kier alpha value is -2.24. The lowest BCUT2D eigenvalue weighted by Gasteiger charge is -2.31. The maximum atomic E-state index is 5.83. The van der Waals surface area contributed by atoms with Gasteiger partial charge in [-0.25, -0.2) is 9.97 Å². The van der Waals surface area contributed by atoms with Crippen molar-refractivity contribution in [1.82, 2.24) is 20.2 Å². The molecule has 0 aromatic carbocycles. The molecular weight excluding hydrogens is 302 g/mol. The number of hydrogen-bond acceptors (Lipinski definition) is 6. The number of hydrogen-bond donors (Lipinski definition) is 0. The molecule has 1 saturated heterocycles. The minimum Gasteiger partial charge on any atom is -0.476 e. The monoisotopic (exact) mass is 327 g/mol. The van der Waals surface area contributed by atoms with Gasteiger partial charge < -0.3 is 9.64 Å². The highest BCUT2D eigenvalue weighted by Crippen LogP contribution is 2.22. The third-order valence-electron chi connectivity index (χ3n) is 4.32. The molecular formula is C18H25N5O. The van der Waals surface area contributed by atoms with E-state index in [4.69, 9.17) is 4.74 Å². The summed E-state index contributed by atoms with van der Waals surface area (Å²) in [7, 11) is 0. The molecule has 0 radical (unpaired) electrons. The summed E-state index contributed by atoms with van der Waals surface area (Å²) in [5.41, 5.74) is 0.990. The first kappa shape index (κ1) is 16.6. The summed E-state index contributed by atoms with van der Waals surface area (Å²) < 4.78 is 5.83. The fraction of sp³-hybridized carbons (Fsp3) is 0.556. The van der Waals surface area contributed by atoms with Gasteiger partial charge in [0.1, 0.15) is 0 Å². The van der Waals surface area contributed by atoms with E-state index < -0.39 is 0 Å². The zero-order chi connectivity index (χ0) is 17.0. The Kier molecular flexibility index (Phi) is 4.92. The summed E-state index contributed by atoms with van der Waals surface area (Å²) in [4.78, 5) is 10.9. The van der Waals surface area contributed by atoms with Gasteiger partial charge >= 0.3 is 0 Å². The molecule has 0 unspecified atom stereocenters. The number of ether oxygens (including phenoxy) is 1. The first-order valence-corrected chi connectivity index (χ1v) is 8.51. The van der Waals surface area contributed by atoms with Gasteiger partial charge in [-0.15, -0.1) is 5.10 Å². The molecule has 128 valence electrons. The number of rotatable bonds is 4. The molecule has 0 amide bonds. The third-order valence-corrected chi connectivity index (χ3v) is 4.32. The second-order valence-corrected chi connectivity index (χ2v) is 7.30. The lowest BCUT2D eigenvalue weighted by Crippen LogP contribution is -2.36. The van der Waals surface area contributed by atoms with Crippen LogP contribution in [0.15, 0.2) is 30.6 Å². The second kappa shape index (κ2) is 7.11. The molecule has 1 aliphatic rings. The van der Waals surface area contributed by atoms with E-state index in [2.05, 4.69) is 45.8 Å². The van der Waals surface area contributed by atoms with Crippen molar-refractivity contribution < 1.29 is 4.74 Å². The van der Waals surface area contributed by atoms with Crippen LogP contribution in [0.25, 0.3) is 0 Å². The molecule has 2 aromatic rings. The van der Waals surface area contributed by atoms with Crippen LogP contribution in [-0.2, 0) is 5.41 Å².